The number of halogens is 1. The molecule has 0 bridgehead atoms. The van der Waals surface area contributed by atoms with Crippen molar-refractivity contribution < 1.29 is 19.4 Å². The first-order chi connectivity index (χ1) is 9.99. The first-order valence-electron chi connectivity index (χ1n) is 6.48. The monoisotopic (exact) mass is 373 g/mol. The highest BCUT2D eigenvalue weighted by atomic mass is 79.9. The Morgan fingerprint density at radius 1 is 1.52 bits per heavy atom. The number of amides is 1. The number of nitrogens with zero attached hydrogens (tertiary/aromatic N) is 1. The van der Waals surface area contributed by atoms with Crippen molar-refractivity contribution in [3.63, 3.8) is 0 Å². The maximum atomic E-state index is 12.2. The zero-order valence-electron chi connectivity index (χ0n) is 11.5. The largest absolute Gasteiger partial charge is 0.480 e. The standard InChI is InChI=1S/C14H16BrNO4S/c1-9-6-10(15)2-3-12(9)21-8-13(17)16-4-5-20-7-11(16)14(18)19/h2-3,6,11H,4-5,7-8H2,1H3,(H,18,19). The molecule has 1 N–H and O–H groups in total. The lowest BCUT2D eigenvalue weighted by Gasteiger charge is -2.32. The number of carboxylic acids is 1. The van der Waals surface area contributed by atoms with Crippen molar-refractivity contribution in [1.82, 2.24) is 4.90 Å². The molecule has 0 aromatic heterocycles. The molecule has 7 heteroatoms. The molecule has 1 aromatic rings. The molecule has 1 aliphatic heterocycles. The Labute approximate surface area is 135 Å². The van der Waals surface area contributed by atoms with Crippen LogP contribution in [0.1, 0.15) is 5.56 Å². The number of morpholine rings is 1. The normalized spacial score (nSPS) is 18.6. The Bertz CT molecular complexity index is 552. The van der Waals surface area contributed by atoms with E-state index in [4.69, 9.17) is 9.84 Å². The molecule has 1 amide bonds. The molecule has 5 nitrogen and oxygen atoms in total. The van der Waals surface area contributed by atoms with Crippen molar-refractivity contribution in [2.45, 2.75) is 17.9 Å². The van der Waals surface area contributed by atoms with E-state index in [-0.39, 0.29) is 18.3 Å². The van der Waals surface area contributed by atoms with Crippen molar-refractivity contribution in [1.29, 1.82) is 0 Å². The summed E-state index contributed by atoms with van der Waals surface area (Å²) in [6, 6.07) is 4.99. The Morgan fingerprint density at radius 3 is 2.95 bits per heavy atom. The third-order valence-electron chi connectivity index (χ3n) is 3.22. The highest BCUT2D eigenvalue weighted by Crippen LogP contribution is 2.26. The molecule has 1 aromatic carbocycles. The first kappa shape index (κ1) is 16.3. The number of ether oxygens (including phenoxy) is 1. The van der Waals surface area contributed by atoms with Crippen molar-refractivity contribution in [2.75, 3.05) is 25.5 Å². The average Bonchev–Trinajstić information content (AvgIpc) is 2.46. The quantitative estimate of drug-likeness (QED) is 0.819. The van der Waals surface area contributed by atoms with Crippen LogP contribution in [0.25, 0.3) is 0 Å². The summed E-state index contributed by atoms with van der Waals surface area (Å²) in [7, 11) is 0. The topological polar surface area (TPSA) is 66.8 Å². The van der Waals surface area contributed by atoms with Gasteiger partial charge in [-0.15, -0.1) is 11.8 Å². The summed E-state index contributed by atoms with van der Waals surface area (Å²) in [5, 5.41) is 9.13. The van der Waals surface area contributed by atoms with Crippen molar-refractivity contribution in [2.24, 2.45) is 0 Å². The first-order valence-corrected chi connectivity index (χ1v) is 8.26. The minimum Gasteiger partial charge on any atom is -0.480 e. The molecule has 0 spiro atoms. The molecule has 0 saturated carbocycles. The maximum absolute atomic E-state index is 12.2. The van der Waals surface area contributed by atoms with Crippen molar-refractivity contribution in [3.05, 3.63) is 28.2 Å². The van der Waals surface area contributed by atoms with Gasteiger partial charge in [0.05, 0.1) is 19.0 Å². The van der Waals surface area contributed by atoms with Crippen molar-refractivity contribution in [3.8, 4) is 0 Å². The van der Waals surface area contributed by atoms with E-state index in [1.54, 1.807) is 0 Å². The molecule has 0 aliphatic carbocycles. The predicted molar refractivity (Wildman–Crippen MR) is 83.6 cm³/mol. The van der Waals surface area contributed by atoms with Crippen LogP contribution in [-0.2, 0) is 14.3 Å². The second kappa shape index (κ2) is 7.29. The van der Waals surface area contributed by atoms with E-state index < -0.39 is 12.0 Å². The van der Waals surface area contributed by atoms with Crippen LogP contribution in [0.15, 0.2) is 27.6 Å². The molecule has 1 aliphatic rings. The van der Waals surface area contributed by atoms with Gasteiger partial charge in [0.25, 0.3) is 0 Å². The van der Waals surface area contributed by atoms with Crippen LogP contribution >= 0.6 is 27.7 Å². The molecular weight excluding hydrogens is 358 g/mol. The van der Waals surface area contributed by atoms with E-state index in [0.717, 1.165) is 14.9 Å². The zero-order chi connectivity index (χ0) is 15.4. The number of carboxylic acid groups (broad SMARTS) is 1. The highest BCUT2D eigenvalue weighted by molar-refractivity contribution is 9.10. The summed E-state index contributed by atoms with van der Waals surface area (Å²) in [6.07, 6.45) is 0. The van der Waals surface area contributed by atoms with Gasteiger partial charge in [0.2, 0.25) is 5.91 Å². The van der Waals surface area contributed by atoms with Gasteiger partial charge in [-0.2, -0.15) is 0 Å². The third kappa shape index (κ3) is 4.21. The number of aliphatic carboxylic acids is 1. The van der Waals surface area contributed by atoms with E-state index in [0.29, 0.717) is 13.2 Å². The highest BCUT2D eigenvalue weighted by Gasteiger charge is 2.32. The maximum Gasteiger partial charge on any atom is 0.328 e. The van der Waals surface area contributed by atoms with Gasteiger partial charge >= 0.3 is 5.97 Å². The van der Waals surface area contributed by atoms with Gasteiger partial charge in [0.15, 0.2) is 6.04 Å². The molecule has 114 valence electrons. The van der Waals surface area contributed by atoms with Crippen LogP contribution < -0.4 is 0 Å². The number of benzene rings is 1. The molecule has 2 rings (SSSR count). The van der Waals surface area contributed by atoms with Gasteiger partial charge in [0.1, 0.15) is 0 Å². The summed E-state index contributed by atoms with van der Waals surface area (Å²) in [6.45, 7) is 2.75. The number of carbonyl (C=O) groups is 2. The van der Waals surface area contributed by atoms with E-state index >= 15 is 0 Å². The lowest BCUT2D eigenvalue weighted by molar-refractivity contribution is -0.157. The van der Waals surface area contributed by atoms with Crippen LogP contribution in [0, 0.1) is 6.92 Å². The van der Waals surface area contributed by atoms with Gasteiger partial charge in [-0.1, -0.05) is 15.9 Å². The SMILES string of the molecule is Cc1cc(Br)ccc1SCC(=O)N1CCOCC1C(=O)O. The van der Waals surface area contributed by atoms with Crippen LogP contribution in [0.4, 0.5) is 0 Å². The molecule has 1 unspecified atom stereocenters. The smallest absolute Gasteiger partial charge is 0.328 e. The molecule has 21 heavy (non-hydrogen) atoms. The van der Waals surface area contributed by atoms with Crippen molar-refractivity contribution >= 4 is 39.6 Å². The molecule has 1 heterocycles. The molecule has 1 saturated heterocycles. The van der Waals surface area contributed by atoms with Gasteiger partial charge in [-0.3, -0.25) is 4.79 Å². The average molecular weight is 374 g/mol. The fourth-order valence-corrected chi connectivity index (χ4v) is 3.48. The van der Waals surface area contributed by atoms with Crippen LogP contribution in [0.3, 0.4) is 0 Å². The van der Waals surface area contributed by atoms with E-state index in [1.807, 2.05) is 25.1 Å². The molecule has 0 radical (unpaired) electrons. The van der Waals surface area contributed by atoms with Crippen LogP contribution in [-0.4, -0.2) is 53.4 Å². The van der Waals surface area contributed by atoms with E-state index in [1.165, 1.54) is 16.7 Å². The van der Waals surface area contributed by atoms with Gasteiger partial charge < -0.3 is 14.7 Å². The Kier molecular flexibility index (Phi) is 5.66. The Hall–Kier alpha value is -1.05. The summed E-state index contributed by atoms with van der Waals surface area (Å²) >= 11 is 4.82. The lowest BCUT2D eigenvalue weighted by atomic mass is 10.2. The number of rotatable bonds is 4. The van der Waals surface area contributed by atoms with E-state index in [9.17, 15) is 9.59 Å². The summed E-state index contributed by atoms with van der Waals surface area (Å²) in [5.74, 6) is -0.961. The summed E-state index contributed by atoms with van der Waals surface area (Å²) < 4.78 is 6.13. The zero-order valence-corrected chi connectivity index (χ0v) is 13.9. The van der Waals surface area contributed by atoms with Gasteiger partial charge in [-0.05, 0) is 30.7 Å². The number of hydrogen-bond acceptors (Lipinski definition) is 4. The Morgan fingerprint density at radius 2 is 2.29 bits per heavy atom. The van der Waals surface area contributed by atoms with Gasteiger partial charge in [0, 0.05) is 15.9 Å². The third-order valence-corrected chi connectivity index (χ3v) is 4.88. The minimum absolute atomic E-state index is 0.0586. The molecular formula is C14H16BrNO4S. The minimum atomic E-state index is -1.02. The second-order valence-corrected chi connectivity index (χ2v) is 6.65. The molecule has 1 fully saturated rings. The second-order valence-electron chi connectivity index (χ2n) is 4.71. The van der Waals surface area contributed by atoms with E-state index in [2.05, 4.69) is 15.9 Å². The van der Waals surface area contributed by atoms with Gasteiger partial charge in [-0.25, -0.2) is 4.79 Å². The Balaban J connectivity index is 1.98. The predicted octanol–water partition coefficient (Wildman–Crippen LogP) is 2.16. The molecule has 1 atom stereocenters. The fourth-order valence-electron chi connectivity index (χ4n) is 2.10. The summed E-state index contributed by atoms with van der Waals surface area (Å²) in [5.41, 5.74) is 1.08. The number of thioether (sulfide) groups is 1. The number of hydrogen-bond donors (Lipinski definition) is 1. The lowest BCUT2D eigenvalue weighted by Crippen LogP contribution is -2.53. The van der Waals surface area contributed by atoms with Crippen LogP contribution in [0.2, 0.25) is 0 Å². The fraction of sp³-hybridized carbons (Fsp3) is 0.429. The van der Waals surface area contributed by atoms with Crippen LogP contribution in [0.5, 0.6) is 0 Å². The number of carbonyl (C=O) groups excluding carboxylic acids is 1. The number of aryl methyl sites for hydroxylation is 1. The summed E-state index contributed by atoms with van der Waals surface area (Å²) in [4.78, 5) is 25.8.